The van der Waals surface area contributed by atoms with E-state index in [0.29, 0.717) is 18.0 Å². The normalized spacial score (nSPS) is 23.0. The van der Waals surface area contributed by atoms with Crippen LogP contribution in [0.1, 0.15) is 36.8 Å². The van der Waals surface area contributed by atoms with Crippen LogP contribution in [0.4, 0.5) is 4.39 Å². The first-order valence-corrected chi connectivity index (χ1v) is 6.75. The monoisotopic (exact) mass is 262 g/mol. The number of nitrogens with one attached hydrogen (secondary N) is 1. The predicted molar refractivity (Wildman–Crippen MR) is 70.8 cm³/mol. The lowest BCUT2D eigenvalue weighted by Crippen LogP contribution is -2.28. The minimum absolute atomic E-state index is 0.167. The highest BCUT2D eigenvalue weighted by molar-refractivity contribution is 5.33. The lowest BCUT2D eigenvalue weighted by molar-refractivity contribution is 0.101. The van der Waals surface area contributed by atoms with E-state index in [1.54, 1.807) is 6.07 Å². The number of rotatable bonds is 4. The first-order valence-electron chi connectivity index (χ1n) is 6.75. The zero-order chi connectivity index (χ0) is 13.7. The van der Waals surface area contributed by atoms with Crippen LogP contribution in [0.5, 0.6) is 0 Å². The molecule has 0 bridgehead atoms. The average Bonchev–Trinajstić information content (AvgIpc) is 2.38. The van der Waals surface area contributed by atoms with Crippen LogP contribution in [0.3, 0.4) is 0 Å². The molecule has 2 unspecified atom stereocenters. The van der Waals surface area contributed by atoms with Crippen molar-refractivity contribution in [2.24, 2.45) is 5.92 Å². The van der Waals surface area contributed by atoms with E-state index in [4.69, 9.17) is 5.26 Å². The summed E-state index contributed by atoms with van der Waals surface area (Å²) in [7, 11) is 0. The van der Waals surface area contributed by atoms with Crippen LogP contribution in [0.2, 0.25) is 0 Å². The Morgan fingerprint density at radius 1 is 1.37 bits per heavy atom. The van der Waals surface area contributed by atoms with Gasteiger partial charge in [0, 0.05) is 6.54 Å². The molecule has 0 aliphatic heterocycles. The molecule has 3 nitrogen and oxygen atoms in total. The fraction of sp³-hybridized carbons (Fsp3) is 0.533. The van der Waals surface area contributed by atoms with Crippen molar-refractivity contribution >= 4 is 0 Å². The van der Waals surface area contributed by atoms with Gasteiger partial charge in [0.25, 0.3) is 0 Å². The van der Waals surface area contributed by atoms with Crippen molar-refractivity contribution in [3.63, 3.8) is 0 Å². The largest absolute Gasteiger partial charge is 0.393 e. The number of hydrogen-bond donors (Lipinski definition) is 2. The molecule has 1 aromatic rings. The maximum atomic E-state index is 13.2. The molecule has 1 aromatic carbocycles. The van der Waals surface area contributed by atoms with Gasteiger partial charge in [-0.25, -0.2) is 4.39 Å². The Morgan fingerprint density at radius 2 is 2.21 bits per heavy atom. The summed E-state index contributed by atoms with van der Waals surface area (Å²) in [6.07, 6.45) is 3.80. The highest BCUT2D eigenvalue weighted by atomic mass is 19.1. The second-order valence-electron chi connectivity index (χ2n) is 5.28. The standard InChI is InChI=1S/C15H19FN2O/c16-14-5-12(8-17)4-13(6-14)10-18-9-11-2-1-3-15(19)7-11/h4-6,11,15,18-19H,1-3,7,9-10H2. The summed E-state index contributed by atoms with van der Waals surface area (Å²) < 4.78 is 13.2. The van der Waals surface area contributed by atoms with Crippen LogP contribution in [-0.4, -0.2) is 17.8 Å². The molecule has 102 valence electrons. The van der Waals surface area contributed by atoms with Crippen molar-refractivity contribution < 1.29 is 9.50 Å². The third-order valence-corrected chi connectivity index (χ3v) is 3.60. The number of benzene rings is 1. The van der Waals surface area contributed by atoms with Crippen LogP contribution < -0.4 is 5.32 Å². The van der Waals surface area contributed by atoms with Crippen LogP contribution in [0.25, 0.3) is 0 Å². The smallest absolute Gasteiger partial charge is 0.124 e. The van der Waals surface area contributed by atoms with Gasteiger partial charge in [0.2, 0.25) is 0 Å². The van der Waals surface area contributed by atoms with E-state index in [0.717, 1.165) is 37.8 Å². The molecular weight excluding hydrogens is 243 g/mol. The third-order valence-electron chi connectivity index (χ3n) is 3.60. The maximum absolute atomic E-state index is 13.2. The summed E-state index contributed by atoms with van der Waals surface area (Å²) in [5.74, 6) is 0.122. The number of aliphatic hydroxyl groups is 1. The molecule has 0 saturated heterocycles. The SMILES string of the molecule is N#Cc1cc(F)cc(CNCC2CCCC(O)C2)c1. The molecular formula is C15H19FN2O. The summed E-state index contributed by atoms with van der Waals surface area (Å²) in [6, 6.07) is 6.34. The van der Waals surface area contributed by atoms with Gasteiger partial charge in [0.15, 0.2) is 0 Å². The summed E-state index contributed by atoms with van der Waals surface area (Å²) in [5.41, 5.74) is 1.14. The van der Waals surface area contributed by atoms with Crippen LogP contribution in [0, 0.1) is 23.1 Å². The van der Waals surface area contributed by atoms with Crippen molar-refractivity contribution in [2.45, 2.75) is 38.3 Å². The van der Waals surface area contributed by atoms with Crippen molar-refractivity contribution in [1.29, 1.82) is 5.26 Å². The van der Waals surface area contributed by atoms with Gasteiger partial charge < -0.3 is 10.4 Å². The van der Waals surface area contributed by atoms with Crippen LogP contribution in [0.15, 0.2) is 18.2 Å². The maximum Gasteiger partial charge on any atom is 0.124 e. The number of nitrogens with zero attached hydrogens (tertiary/aromatic N) is 1. The van der Waals surface area contributed by atoms with Gasteiger partial charge in [-0.15, -0.1) is 0 Å². The molecule has 1 aliphatic carbocycles. The minimum Gasteiger partial charge on any atom is -0.393 e. The van der Waals surface area contributed by atoms with Crippen molar-refractivity contribution in [3.05, 3.63) is 35.1 Å². The first-order chi connectivity index (χ1) is 9.17. The Balaban J connectivity index is 1.82. The van der Waals surface area contributed by atoms with Crippen LogP contribution >= 0.6 is 0 Å². The van der Waals surface area contributed by atoms with Gasteiger partial charge in [-0.05, 0) is 55.5 Å². The van der Waals surface area contributed by atoms with Gasteiger partial charge in [-0.1, -0.05) is 6.42 Å². The summed E-state index contributed by atoms with van der Waals surface area (Å²) >= 11 is 0. The Labute approximate surface area is 113 Å². The fourth-order valence-electron chi connectivity index (χ4n) is 2.69. The molecule has 0 radical (unpaired) electrons. The molecule has 0 heterocycles. The minimum atomic E-state index is -0.371. The van der Waals surface area contributed by atoms with E-state index in [2.05, 4.69) is 5.32 Å². The Hall–Kier alpha value is -1.44. The molecule has 1 fully saturated rings. The average molecular weight is 262 g/mol. The Kier molecular flexibility index (Phi) is 4.89. The number of nitriles is 1. The molecule has 0 spiro atoms. The second kappa shape index (κ2) is 6.65. The summed E-state index contributed by atoms with van der Waals surface area (Å²) in [6.45, 7) is 1.38. The Bertz CT molecular complexity index is 470. The molecule has 19 heavy (non-hydrogen) atoms. The van der Waals surface area contributed by atoms with E-state index in [-0.39, 0.29) is 11.9 Å². The van der Waals surface area contributed by atoms with Crippen LogP contribution in [-0.2, 0) is 6.54 Å². The summed E-state index contributed by atoms with van der Waals surface area (Å²) in [4.78, 5) is 0. The number of halogens is 1. The lowest BCUT2D eigenvalue weighted by Gasteiger charge is -2.26. The van der Waals surface area contributed by atoms with E-state index in [9.17, 15) is 9.50 Å². The number of hydrogen-bond acceptors (Lipinski definition) is 3. The van der Waals surface area contributed by atoms with E-state index in [1.807, 2.05) is 6.07 Å². The predicted octanol–water partition coefficient (Wildman–Crippen LogP) is 2.34. The molecule has 0 amide bonds. The molecule has 1 aliphatic rings. The molecule has 2 N–H and O–H groups in total. The van der Waals surface area contributed by atoms with Crippen molar-refractivity contribution in [3.8, 4) is 6.07 Å². The molecule has 2 rings (SSSR count). The van der Waals surface area contributed by atoms with E-state index >= 15 is 0 Å². The van der Waals surface area contributed by atoms with Gasteiger partial charge in [-0.2, -0.15) is 5.26 Å². The van der Waals surface area contributed by atoms with Gasteiger partial charge in [0.1, 0.15) is 5.82 Å². The fourth-order valence-corrected chi connectivity index (χ4v) is 2.69. The lowest BCUT2D eigenvalue weighted by atomic mass is 9.87. The molecule has 4 heteroatoms. The van der Waals surface area contributed by atoms with Crippen molar-refractivity contribution in [1.82, 2.24) is 5.32 Å². The topological polar surface area (TPSA) is 56.0 Å². The number of aliphatic hydroxyl groups excluding tert-OH is 1. The quantitative estimate of drug-likeness (QED) is 0.875. The molecule has 2 atom stereocenters. The van der Waals surface area contributed by atoms with E-state index in [1.165, 1.54) is 12.1 Å². The zero-order valence-electron chi connectivity index (χ0n) is 10.9. The zero-order valence-corrected chi connectivity index (χ0v) is 10.9. The van der Waals surface area contributed by atoms with Gasteiger partial charge in [-0.3, -0.25) is 0 Å². The highest BCUT2D eigenvalue weighted by Gasteiger charge is 2.19. The Morgan fingerprint density at radius 3 is 2.95 bits per heavy atom. The highest BCUT2D eigenvalue weighted by Crippen LogP contribution is 2.23. The van der Waals surface area contributed by atoms with Crippen molar-refractivity contribution in [2.75, 3.05) is 6.54 Å². The first kappa shape index (κ1) is 14.0. The summed E-state index contributed by atoms with van der Waals surface area (Å²) in [5, 5.41) is 21.7. The molecule has 0 aromatic heterocycles. The molecule has 1 saturated carbocycles. The van der Waals surface area contributed by atoms with Gasteiger partial charge in [0.05, 0.1) is 17.7 Å². The van der Waals surface area contributed by atoms with Gasteiger partial charge >= 0.3 is 0 Å². The second-order valence-corrected chi connectivity index (χ2v) is 5.28. The van der Waals surface area contributed by atoms with E-state index < -0.39 is 0 Å². The third kappa shape index (κ3) is 4.30.